The van der Waals surface area contributed by atoms with Crippen LogP contribution in [0.3, 0.4) is 0 Å². The molecular weight excluding hydrogens is 312 g/mol. The van der Waals surface area contributed by atoms with Crippen molar-refractivity contribution in [3.8, 4) is 0 Å². The highest BCUT2D eigenvalue weighted by Crippen LogP contribution is 2.30. The second kappa shape index (κ2) is 8.66. The van der Waals surface area contributed by atoms with Crippen molar-refractivity contribution in [2.45, 2.75) is 30.3 Å². The van der Waals surface area contributed by atoms with Crippen LogP contribution < -0.4 is 5.32 Å². The summed E-state index contributed by atoms with van der Waals surface area (Å²) in [6, 6.07) is 5.97. The Kier molecular flexibility index (Phi) is 6.30. The van der Waals surface area contributed by atoms with E-state index in [1.165, 1.54) is 11.8 Å². The lowest BCUT2D eigenvalue weighted by Gasteiger charge is -2.39. The zero-order valence-corrected chi connectivity index (χ0v) is 14.1. The summed E-state index contributed by atoms with van der Waals surface area (Å²) < 4.78 is 11.1. The third kappa shape index (κ3) is 4.93. The highest BCUT2D eigenvalue weighted by molar-refractivity contribution is 7.99. The monoisotopic (exact) mass is 336 g/mol. The Labute approximate surface area is 141 Å². The van der Waals surface area contributed by atoms with Gasteiger partial charge in [-0.3, -0.25) is 4.79 Å². The molecule has 2 aliphatic rings. The first kappa shape index (κ1) is 16.7. The maximum Gasteiger partial charge on any atom is 0.230 e. The second-order valence-electron chi connectivity index (χ2n) is 6.11. The fourth-order valence-electron chi connectivity index (χ4n) is 3.37. The number of thioether (sulfide) groups is 1. The van der Waals surface area contributed by atoms with Gasteiger partial charge < -0.3 is 14.8 Å². The molecule has 2 fully saturated rings. The predicted molar refractivity (Wildman–Crippen MR) is 89.4 cm³/mol. The predicted octanol–water partition coefficient (Wildman–Crippen LogP) is 2.12. The third-order valence-electron chi connectivity index (χ3n) is 4.61. The van der Waals surface area contributed by atoms with Crippen LogP contribution in [0.15, 0.2) is 29.4 Å². The summed E-state index contributed by atoms with van der Waals surface area (Å²) in [5.74, 6) is 1.51. The number of aromatic nitrogens is 1. The van der Waals surface area contributed by atoms with Crippen molar-refractivity contribution < 1.29 is 14.3 Å². The van der Waals surface area contributed by atoms with Gasteiger partial charge in [0, 0.05) is 38.0 Å². The van der Waals surface area contributed by atoms with Crippen molar-refractivity contribution in [3.05, 3.63) is 24.4 Å². The van der Waals surface area contributed by atoms with Gasteiger partial charge in [-0.2, -0.15) is 0 Å². The number of hydrogen-bond donors (Lipinski definition) is 1. The van der Waals surface area contributed by atoms with E-state index < -0.39 is 0 Å². The Hall–Kier alpha value is -1.11. The molecule has 6 heteroatoms. The van der Waals surface area contributed by atoms with Crippen LogP contribution in [0.5, 0.6) is 0 Å². The average Bonchev–Trinajstić information content (AvgIpc) is 2.62. The number of nitrogens with zero attached hydrogens (tertiary/aromatic N) is 1. The molecule has 0 bridgehead atoms. The van der Waals surface area contributed by atoms with E-state index in [2.05, 4.69) is 10.3 Å². The number of amides is 1. The minimum atomic E-state index is 0.0876. The lowest BCUT2D eigenvalue weighted by Crippen LogP contribution is -2.49. The number of ether oxygens (including phenoxy) is 2. The summed E-state index contributed by atoms with van der Waals surface area (Å²) >= 11 is 1.48. The molecule has 1 aromatic rings. The summed E-state index contributed by atoms with van der Waals surface area (Å²) in [5.41, 5.74) is 0. The first-order valence-corrected chi connectivity index (χ1v) is 9.30. The van der Waals surface area contributed by atoms with Gasteiger partial charge in [0.15, 0.2) is 0 Å². The van der Waals surface area contributed by atoms with Gasteiger partial charge in [0.05, 0.1) is 17.4 Å². The highest BCUT2D eigenvalue weighted by atomic mass is 32.2. The standard InChI is InChI=1S/C17H24N2O3S/c20-16(12-23-17-3-1-2-7-18-17)19-15-6-10-22-11-14(15)13-4-8-21-9-5-13/h1-3,7,13-15H,4-6,8-12H2,(H,19,20)/t14-,15-/m1/s1. The lowest BCUT2D eigenvalue weighted by atomic mass is 9.79. The number of pyridine rings is 1. The van der Waals surface area contributed by atoms with Gasteiger partial charge in [0.2, 0.25) is 5.91 Å². The summed E-state index contributed by atoms with van der Waals surface area (Å²) in [6.07, 6.45) is 4.80. The first-order valence-electron chi connectivity index (χ1n) is 8.31. The van der Waals surface area contributed by atoms with Crippen LogP contribution in [-0.4, -0.2) is 49.1 Å². The van der Waals surface area contributed by atoms with Gasteiger partial charge in [-0.15, -0.1) is 0 Å². The molecule has 0 aliphatic carbocycles. The molecule has 0 unspecified atom stereocenters. The highest BCUT2D eigenvalue weighted by Gasteiger charge is 2.34. The van der Waals surface area contributed by atoms with Crippen LogP contribution in [0.1, 0.15) is 19.3 Å². The number of carbonyl (C=O) groups excluding carboxylic acids is 1. The SMILES string of the molecule is O=C(CSc1ccccn1)N[C@@H]1CCOC[C@@H]1C1CCOCC1. The van der Waals surface area contributed by atoms with Gasteiger partial charge in [-0.05, 0) is 37.3 Å². The molecule has 23 heavy (non-hydrogen) atoms. The Bertz CT molecular complexity index is 494. The summed E-state index contributed by atoms with van der Waals surface area (Å²) in [4.78, 5) is 16.5. The molecule has 1 aromatic heterocycles. The van der Waals surface area contributed by atoms with Crippen molar-refractivity contribution in [1.82, 2.24) is 10.3 Å². The minimum absolute atomic E-state index is 0.0876. The molecule has 0 radical (unpaired) electrons. The molecule has 0 spiro atoms. The van der Waals surface area contributed by atoms with E-state index in [1.807, 2.05) is 18.2 Å². The first-order chi connectivity index (χ1) is 11.3. The van der Waals surface area contributed by atoms with Gasteiger partial charge in [-0.1, -0.05) is 17.8 Å². The van der Waals surface area contributed by atoms with Crippen molar-refractivity contribution in [2.24, 2.45) is 11.8 Å². The van der Waals surface area contributed by atoms with Gasteiger partial charge in [0.1, 0.15) is 0 Å². The largest absolute Gasteiger partial charge is 0.381 e. The van der Waals surface area contributed by atoms with E-state index in [4.69, 9.17) is 9.47 Å². The van der Waals surface area contributed by atoms with E-state index in [9.17, 15) is 4.79 Å². The van der Waals surface area contributed by atoms with Crippen molar-refractivity contribution in [1.29, 1.82) is 0 Å². The number of rotatable bonds is 5. The molecule has 0 aromatic carbocycles. The number of hydrogen-bond acceptors (Lipinski definition) is 5. The van der Waals surface area contributed by atoms with Crippen LogP contribution in [0, 0.1) is 11.8 Å². The molecule has 0 saturated carbocycles. The lowest BCUT2D eigenvalue weighted by molar-refractivity contribution is -0.121. The number of nitrogens with one attached hydrogen (secondary N) is 1. The average molecular weight is 336 g/mol. The summed E-state index contributed by atoms with van der Waals surface area (Å²) in [6.45, 7) is 3.15. The quantitative estimate of drug-likeness (QED) is 0.835. The Morgan fingerprint density at radius 3 is 2.83 bits per heavy atom. The molecule has 2 saturated heterocycles. The van der Waals surface area contributed by atoms with Gasteiger partial charge >= 0.3 is 0 Å². The van der Waals surface area contributed by atoms with E-state index in [0.717, 1.165) is 50.7 Å². The Morgan fingerprint density at radius 1 is 1.22 bits per heavy atom. The fourth-order valence-corrected chi connectivity index (χ4v) is 4.04. The van der Waals surface area contributed by atoms with Crippen LogP contribution in [-0.2, 0) is 14.3 Å². The molecule has 2 aliphatic heterocycles. The van der Waals surface area contributed by atoms with Crippen molar-refractivity contribution >= 4 is 17.7 Å². The van der Waals surface area contributed by atoms with E-state index in [-0.39, 0.29) is 11.9 Å². The minimum Gasteiger partial charge on any atom is -0.381 e. The molecule has 3 rings (SSSR count). The smallest absolute Gasteiger partial charge is 0.230 e. The second-order valence-corrected chi connectivity index (χ2v) is 7.10. The summed E-state index contributed by atoms with van der Waals surface area (Å²) in [5, 5.41) is 4.11. The summed E-state index contributed by atoms with van der Waals surface area (Å²) in [7, 11) is 0. The Morgan fingerprint density at radius 2 is 2.04 bits per heavy atom. The molecule has 126 valence electrons. The maximum absolute atomic E-state index is 12.3. The van der Waals surface area contributed by atoms with Crippen LogP contribution in [0.4, 0.5) is 0 Å². The van der Waals surface area contributed by atoms with Crippen LogP contribution in [0.25, 0.3) is 0 Å². The molecular formula is C17H24N2O3S. The van der Waals surface area contributed by atoms with Gasteiger partial charge in [-0.25, -0.2) is 4.98 Å². The molecule has 1 N–H and O–H groups in total. The van der Waals surface area contributed by atoms with Gasteiger partial charge in [0.25, 0.3) is 0 Å². The van der Waals surface area contributed by atoms with E-state index in [0.29, 0.717) is 17.6 Å². The fraction of sp³-hybridized carbons (Fsp3) is 0.647. The van der Waals surface area contributed by atoms with Crippen molar-refractivity contribution in [3.63, 3.8) is 0 Å². The maximum atomic E-state index is 12.3. The zero-order chi connectivity index (χ0) is 15.9. The number of carbonyl (C=O) groups is 1. The normalized spacial score (nSPS) is 25.9. The molecule has 3 heterocycles. The van der Waals surface area contributed by atoms with Crippen LogP contribution in [0.2, 0.25) is 0 Å². The van der Waals surface area contributed by atoms with E-state index >= 15 is 0 Å². The zero-order valence-electron chi connectivity index (χ0n) is 13.3. The molecule has 2 atom stereocenters. The third-order valence-corrected chi connectivity index (χ3v) is 5.55. The molecule has 5 nitrogen and oxygen atoms in total. The van der Waals surface area contributed by atoms with E-state index in [1.54, 1.807) is 6.20 Å². The van der Waals surface area contributed by atoms with Crippen molar-refractivity contribution in [2.75, 3.05) is 32.2 Å². The Balaban J connectivity index is 1.50. The van der Waals surface area contributed by atoms with Crippen LogP contribution >= 0.6 is 11.8 Å². The topological polar surface area (TPSA) is 60.5 Å². The molecule has 1 amide bonds.